The van der Waals surface area contributed by atoms with E-state index in [4.69, 9.17) is 11.6 Å². The molecule has 1 fully saturated rings. The Balaban J connectivity index is 1.55. The zero-order chi connectivity index (χ0) is 22.2. The Hall–Kier alpha value is -2.78. The number of rotatable bonds is 4. The van der Waals surface area contributed by atoms with E-state index in [0.29, 0.717) is 49.0 Å². The van der Waals surface area contributed by atoms with Gasteiger partial charge in [0.25, 0.3) is 0 Å². The van der Waals surface area contributed by atoms with E-state index < -0.39 is 23.8 Å². The van der Waals surface area contributed by atoms with Gasteiger partial charge in [-0.1, -0.05) is 11.6 Å². The highest BCUT2D eigenvalue weighted by atomic mass is 35.5. The van der Waals surface area contributed by atoms with Crippen LogP contribution in [0.4, 0.5) is 19.0 Å². The lowest BCUT2D eigenvalue weighted by atomic mass is 10.0. The Bertz CT molecular complexity index is 1080. The molecule has 2 aromatic heterocycles. The molecule has 164 valence electrons. The summed E-state index contributed by atoms with van der Waals surface area (Å²) in [5, 5.41) is 11.3. The molecular weight excluding hydrogens is 433 g/mol. The van der Waals surface area contributed by atoms with Crippen molar-refractivity contribution >= 4 is 34.3 Å². The van der Waals surface area contributed by atoms with E-state index in [9.17, 15) is 23.1 Å². The van der Waals surface area contributed by atoms with Crippen molar-refractivity contribution in [3.63, 3.8) is 0 Å². The van der Waals surface area contributed by atoms with Crippen molar-refractivity contribution in [1.82, 2.24) is 14.9 Å². The summed E-state index contributed by atoms with van der Waals surface area (Å²) in [6, 6.07) is 6.79. The Morgan fingerprint density at radius 2 is 1.97 bits per heavy atom. The predicted octanol–water partition coefficient (Wildman–Crippen LogP) is 4.57. The third kappa shape index (κ3) is 4.47. The fourth-order valence-electron chi connectivity index (χ4n) is 3.99. The van der Waals surface area contributed by atoms with Crippen molar-refractivity contribution in [2.75, 3.05) is 31.1 Å². The molecule has 1 aliphatic heterocycles. The Morgan fingerprint density at radius 3 is 2.65 bits per heavy atom. The highest BCUT2D eigenvalue weighted by molar-refractivity contribution is 6.31. The summed E-state index contributed by atoms with van der Waals surface area (Å²) in [4.78, 5) is 23.0. The maximum atomic E-state index is 12.8. The summed E-state index contributed by atoms with van der Waals surface area (Å²) in [5.41, 5.74) is 0.638. The number of aromatic nitrogens is 2. The van der Waals surface area contributed by atoms with E-state index in [1.54, 1.807) is 24.4 Å². The number of nitrogens with zero attached hydrogens (tertiary/aromatic N) is 3. The maximum Gasteiger partial charge on any atom is 0.417 e. The molecule has 0 radical (unpaired) electrons. The molecule has 3 aromatic rings. The van der Waals surface area contributed by atoms with E-state index in [1.165, 1.54) is 6.07 Å². The standard InChI is InChI=1S/C21H20ClF3N4O2/c22-14-3-4-17-15(10-14)16(12-26-17)19(20(30)31)29-7-1-6-28(8-9-29)18-5-2-13(11-27-18)21(23,24)25/h2-5,10-12,19,26H,1,6-9H2,(H,30,31)/t19-/m0/s1. The zero-order valence-electron chi connectivity index (χ0n) is 16.4. The minimum atomic E-state index is -4.43. The number of halogens is 4. The second-order valence-corrected chi connectivity index (χ2v) is 7.89. The van der Waals surface area contributed by atoms with Gasteiger partial charge in [-0.2, -0.15) is 13.2 Å². The number of anilines is 1. The first kappa shape index (κ1) is 21.5. The average Bonchev–Trinajstić information content (AvgIpc) is 2.96. The fourth-order valence-corrected chi connectivity index (χ4v) is 4.16. The second-order valence-electron chi connectivity index (χ2n) is 7.45. The summed E-state index contributed by atoms with van der Waals surface area (Å²) >= 11 is 6.11. The highest BCUT2D eigenvalue weighted by Gasteiger charge is 2.33. The van der Waals surface area contributed by atoms with Crippen molar-refractivity contribution in [1.29, 1.82) is 0 Å². The Morgan fingerprint density at radius 1 is 1.16 bits per heavy atom. The molecule has 6 nitrogen and oxygen atoms in total. The third-order valence-electron chi connectivity index (χ3n) is 5.50. The minimum absolute atomic E-state index is 0.424. The molecule has 0 saturated carbocycles. The number of alkyl halides is 3. The predicted molar refractivity (Wildman–Crippen MR) is 111 cm³/mol. The van der Waals surface area contributed by atoms with Gasteiger partial charge in [0.1, 0.15) is 11.9 Å². The summed E-state index contributed by atoms with van der Waals surface area (Å²) in [5.74, 6) is -0.525. The van der Waals surface area contributed by atoms with Crippen LogP contribution in [0.2, 0.25) is 5.02 Å². The fraction of sp³-hybridized carbons (Fsp3) is 0.333. The number of carbonyl (C=O) groups is 1. The van der Waals surface area contributed by atoms with Crippen LogP contribution in [-0.4, -0.2) is 52.1 Å². The van der Waals surface area contributed by atoms with E-state index in [0.717, 1.165) is 23.2 Å². The van der Waals surface area contributed by atoms with Crippen LogP contribution in [0.15, 0.2) is 42.7 Å². The number of pyridine rings is 1. The second kappa shape index (κ2) is 8.39. The van der Waals surface area contributed by atoms with Gasteiger partial charge in [0.05, 0.1) is 5.56 Å². The Kier molecular flexibility index (Phi) is 5.81. The number of benzene rings is 1. The van der Waals surface area contributed by atoms with Crippen LogP contribution in [0.3, 0.4) is 0 Å². The summed E-state index contributed by atoms with van der Waals surface area (Å²) in [7, 11) is 0. The molecule has 0 spiro atoms. The van der Waals surface area contributed by atoms with Crippen LogP contribution < -0.4 is 4.90 Å². The third-order valence-corrected chi connectivity index (χ3v) is 5.73. The molecule has 4 rings (SSSR count). The molecule has 1 aromatic carbocycles. The largest absolute Gasteiger partial charge is 0.480 e. The van der Waals surface area contributed by atoms with E-state index >= 15 is 0 Å². The van der Waals surface area contributed by atoms with Crippen molar-refractivity contribution in [2.45, 2.75) is 18.6 Å². The van der Waals surface area contributed by atoms with Gasteiger partial charge < -0.3 is 15.0 Å². The van der Waals surface area contributed by atoms with Gasteiger partial charge >= 0.3 is 12.1 Å². The number of fused-ring (bicyclic) bond motifs is 1. The van der Waals surface area contributed by atoms with Crippen molar-refractivity contribution in [3.05, 3.63) is 58.9 Å². The van der Waals surface area contributed by atoms with E-state index in [1.807, 2.05) is 9.80 Å². The summed E-state index contributed by atoms with van der Waals surface area (Å²) < 4.78 is 38.4. The van der Waals surface area contributed by atoms with Gasteiger partial charge in [-0.05, 0) is 36.8 Å². The molecular formula is C21H20ClF3N4O2. The van der Waals surface area contributed by atoms with Crippen molar-refractivity contribution in [3.8, 4) is 0 Å². The molecule has 0 aliphatic carbocycles. The number of aromatic amines is 1. The van der Waals surface area contributed by atoms with Crippen molar-refractivity contribution in [2.24, 2.45) is 0 Å². The topological polar surface area (TPSA) is 72.5 Å². The van der Waals surface area contributed by atoms with Gasteiger partial charge in [0.15, 0.2) is 0 Å². The maximum absolute atomic E-state index is 12.8. The van der Waals surface area contributed by atoms with Crippen LogP contribution in [0.5, 0.6) is 0 Å². The molecule has 31 heavy (non-hydrogen) atoms. The number of hydrogen-bond donors (Lipinski definition) is 2. The van der Waals surface area contributed by atoms with Crippen LogP contribution in [0.25, 0.3) is 10.9 Å². The molecule has 0 unspecified atom stereocenters. The number of H-pyrrole nitrogens is 1. The summed E-state index contributed by atoms with van der Waals surface area (Å²) in [6.45, 7) is 1.97. The van der Waals surface area contributed by atoms with Gasteiger partial charge in [0, 0.05) is 60.1 Å². The zero-order valence-corrected chi connectivity index (χ0v) is 17.1. The molecule has 1 aliphatic rings. The lowest BCUT2D eigenvalue weighted by Crippen LogP contribution is -2.37. The normalized spacial score (nSPS) is 17.0. The molecule has 10 heteroatoms. The van der Waals surface area contributed by atoms with E-state index in [2.05, 4.69) is 9.97 Å². The lowest BCUT2D eigenvalue weighted by Gasteiger charge is -2.27. The number of hydrogen-bond acceptors (Lipinski definition) is 4. The molecule has 2 N–H and O–H groups in total. The van der Waals surface area contributed by atoms with Crippen LogP contribution in [0.1, 0.15) is 23.6 Å². The van der Waals surface area contributed by atoms with E-state index in [-0.39, 0.29) is 0 Å². The lowest BCUT2D eigenvalue weighted by molar-refractivity contribution is -0.143. The SMILES string of the molecule is O=C(O)[C@H](c1c[nH]c2ccc(Cl)cc12)N1CCCN(c2ccc(C(F)(F)F)cn2)CC1. The molecule has 0 amide bonds. The van der Waals surface area contributed by atoms with Gasteiger partial charge in [0.2, 0.25) is 0 Å². The Labute approximate surface area is 181 Å². The minimum Gasteiger partial charge on any atom is -0.480 e. The average molecular weight is 453 g/mol. The van der Waals surface area contributed by atoms with Gasteiger partial charge in [-0.15, -0.1) is 0 Å². The highest BCUT2D eigenvalue weighted by Crippen LogP contribution is 2.32. The number of aliphatic carboxylic acids is 1. The molecule has 1 saturated heterocycles. The first-order valence-electron chi connectivity index (χ1n) is 9.75. The van der Waals surface area contributed by atoms with Crippen molar-refractivity contribution < 1.29 is 23.1 Å². The summed E-state index contributed by atoms with van der Waals surface area (Å²) in [6.07, 6.45) is -1.26. The van der Waals surface area contributed by atoms with Crippen LogP contribution in [0, 0.1) is 0 Å². The molecule has 3 heterocycles. The van der Waals surface area contributed by atoms with Crippen LogP contribution in [-0.2, 0) is 11.0 Å². The number of carboxylic acid groups (broad SMARTS) is 1. The van der Waals surface area contributed by atoms with Crippen LogP contribution >= 0.6 is 11.6 Å². The first-order valence-corrected chi connectivity index (χ1v) is 10.1. The first-order chi connectivity index (χ1) is 14.7. The molecule has 1 atom stereocenters. The van der Waals surface area contributed by atoms with Gasteiger partial charge in [-0.3, -0.25) is 9.69 Å². The monoisotopic (exact) mass is 452 g/mol. The number of carboxylic acids is 1. The quantitative estimate of drug-likeness (QED) is 0.606. The van der Waals surface area contributed by atoms with Gasteiger partial charge in [-0.25, -0.2) is 4.98 Å². The molecule has 0 bridgehead atoms. The number of nitrogens with one attached hydrogen (secondary N) is 1. The smallest absolute Gasteiger partial charge is 0.417 e.